The molecule has 2 unspecified atom stereocenters. The Balaban J connectivity index is 1.66. The number of amides is 1. The average Bonchev–Trinajstić information content (AvgIpc) is 2.78. The molecule has 3 aliphatic rings. The number of hydrogen-bond donors (Lipinski definition) is 0. The molecule has 2 fully saturated rings. The first-order valence-corrected chi connectivity index (χ1v) is 9.44. The number of carbonyl (C=O) groups is 1. The van der Waals surface area contributed by atoms with Crippen molar-refractivity contribution in [1.29, 1.82) is 0 Å². The molecule has 1 amide bonds. The predicted octanol–water partition coefficient (Wildman–Crippen LogP) is 4.18. The van der Waals surface area contributed by atoms with Crippen molar-refractivity contribution in [3.05, 3.63) is 11.6 Å². The van der Waals surface area contributed by atoms with E-state index in [2.05, 4.69) is 33.8 Å². The average molecular weight is 349 g/mol. The second-order valence-corrected chi connectivity index (χ2v) is 9.61. The van der Waals surface area contributed by atoms with E-state index in [-0.39, 0.29) is 36.5 Å². The molecule has 0 aromatic rings. The van der Waals surface area contributed by atoms with E-state index in [1.165, 1.54) is 5.57 Å². The standard InChI is InChI=1S/C19H32BNO4/c1-17(2,3)23-16(22)21-14-8-9-15(21)11-13(10-14)12-20-24-18(4,5)19(6,7)25-20/h10,14-15H,8-9,11-12H2,1-7H3. The Morgan fingerprint density at radius 2 is 1.84 bits per heavy atom. The fourth-order valence-electron chi connectivity index (χ4n) is 3.93. The van der Waals surface area contributed by atoms with Gasteiger partial charge in [-0.05, 0) is 67.7 Å². The third-order valence-corrected chi connectivity index (χ3v) is 5.81. The zero-order valence-corrected chi connectivity index (χ0v) is 16.7. The Kier molecular flexibility index (Phi) is 4.52. The molecule has 6 heteroatoms. The lowest BCUT2D eigenvalue weighted by atomic mass is 9.77. The van der Waals surface area contributed by atoms with Gasteiger partial charge >= 0.3 is 13.2 Å². The molecule has 5 nitrogen and oxygen atoms in total. The SMILES string of the molecule is CC(C)(C)OC(=O)N1C2C=C(CB3OC(C)(C)C(C)(C)O3)CC1CC2. The maximum absolute atomic E-state index is 12.5. The molecule has 0 radical (unpaired) electrons. The summed E-state index contributed by atoms with van der Waals surface area (Å²) in [6.45, 7) is 14.1. The monoisotopic (exact) mass is 349 g/mol. The van der Waals surface area contributed by atoms with Gasteiger partial charge in [0.25, 0.3) is 0 Å². The first-order valence-electron chi connectivity index (χ1n) is 9.44. The lowest BCUT2D eigenvalue weighted by molar-refractivity contribution is 0.00578. The molecule has 0 aromatic carbocycles. The van der Waals surface area contributed by atoms with E-state index in [1.807, 2.05) is 25.7 Å². The van der Waals surface area contributed by atoms with E-state index in [9.17, 15) is 4.79 Å². The molecule has 25 heavy (non-hydrogen) atoms. The van der Waals surface area contributed by atoms with E-state index >= 15 is 0 Å². The van der Waals surface area contributed by atoms with Crippen molar-refractivity contribution in [3.63, 3.8) is 0 Å². The highest BCUT2D eigenvalue weighted by Gasteiger charge is 2.51. The molecular formula is C19H32BNO4. The summed E-state index contributed by atoms with van der Waals surface area (Å²) in [5, 5.41) is 0. The molecular weight excluding hydrogens is 317 g/mol. The summed E-state index contributed by atoms with van der Waals surface area (Å²) in [7, 11) is -0.205. The van der Waals surface area contributed by atoms with Crippen LogP contribution in [0.5, 0.6) is 0 Å². The Labute approximate surface area is 152 Å². The van der Waals surface area contributed by atoms with Gasteiger partial charge in [-0.15, -0.1) is 0 Å². The maximum atomic E-state index is 12.5. The van der Waals surface area contributed by atoms with Gasteiger partial charge in [-0.25, -0.2) is 4.79 Å². The molecule has 2 saturated heterocycles. The van der Waals surface area contributed by atoms with Crippen LogP contribution < -0.4 is 0 Å². The van der Waals surface area contributed by atoms with Crippen LogP contribution >= 0.6 is 0 Å². The van der Waals surface area contributed by atoms with Gasteiger partial charge in [0.15, 0.2) is 0 Å². The van der Waals surface area contributed by atoms with Crippen molar-refractivity contribution in [3.8, 4) is 0 Å². The summed E-state index contributed by atoms with van der Waals surface area (Å²) in [5.41, 5.74) is 0.289. The Hall–Kier alpha value is -1.01. The minimum Gasteiger partial charge on any atom is -0.444 e. The highest BCUT2D eigenvalue weighted by molar-refractivity contribution is 6.46. The van der Waals surface area contributed by atoms with Crippen molar-refractivity contribution in [2.75, 3.05) is 0 Å². The molecule has 0 N–H and O–H groups in total. The minimum atomic E-state index is -0.455. The van der Waals surface area contributed by atoms with E-state index in [0.717, 1.165) is 25.6 Å². The fourth-order valence-corrected chi connectivity index (χ4v) is 3.93. The lowest BCUT2D eigenvalue weighted by Crippen LogP contribution is -2.46. The quantitative estimate of drug-likeness (QED) is 0.554. The van der Waals surface area contributed by atoms with Crippen LogP contribution in [0.25, 0.3) is 0 Å². The number of ether oxygens (including phenoxy) is 1. The van der Waals surface area contributed by atoms with Gasteiger partial charge in [0.1, 0.15) is 5.60 Å². The van der Waals surface area contributed by atoms with Crippen molar-refractivity contribution >= 4 is 13.2 Å². The zero-order valence-electron chi connectivity index (χ0n) is 16.7. The summed E-state index contributed by atoms with van der Waals surface area (Å²) in [4.78, 5) is 14.5. The van der Waals surface area contributed by atoms with Crippen LogP contribution in [-0.4, -0.2) is 47.0 Å². The zero-order chi connectivity index (χ0) is 18.6. The van der Waals surface area contributed by atoms with Crippen LogP contribution in [0.3, 0.4) is 0 Å². The molecule has 2 bridgehead atoms. The van der Waals surface area contributed by atoms with Gasteiger partial charge in [-0.1, -0.05) is 11.6 Å². The molecule has 0 aromatic heterocycles. The van der Waals surface area contributed by atoms with E-state index in [0.29, 0.717) is 0 Å². The van der Waals surface area contributed by atoms with Crippen LogP contribution in [-0.2, 0) is 14.0 Å². The van der Waals surface area contributed by atoms with Gasteiger partial charge in [0, 0.05) is 12.4 Å². The minimum absolute atomic E-state index is 0.144. The maximum Gasteiger partial charge on any atom is 0.462 e. The van der Waals surface area contributed by atoms with Crippen molar-refractivity contribution in [1.82, 2.24) is 4.90 Å². The number of fused-ring (bicyclic) bond motifs is 2. The molecule has 3 heterocycles. The van der Waals surface area contributed by atoms with E-state index < -0.39 is 5.60 Å². The molecule has 0 saturated carbocycles. The summed E-state index contributed by atoms with van der Waals surface area (Å²) >= 11 is 0. The third kappa shape index (κ3) is 3.75. The Morgan fingerprint density at radius 1 is 1.24 bits per heavy atom. The molecule has 0 aliphatic carbocycles. The molecule has 140 valence electrons. The van der Waals surface area contributed by atoms with E-state index in [4.69, 9.17) is 14.0 Å². The molecule has 3 rings (SSSR count). The van der Waals surface area contributed by atoms with Crippen molar-refractivity contribution < 1.29 is 18.8 Å². The van der Waals surface area contributed by atoms with Crippen LogP contribution in [0.4, 0.5) is 4.79 Å². The van der Waals surface area contributed by atoms with Crippen molar-refractivity contribution in [2.24, 2.45) is 0 Å². The Morgan fingerprint density at radius 3 is 2.36 bits per heavy atom. The Bertz CT molecular complexity index is 562. The number of rotatable bonds is 2. The highest BCUT2D eigenvalue weighted by atomic mass is 16.7. The topological polar surface area (TPSA) is 48.0 Å². The predicted molar refractivity (Wildman–Crippen MR) is 98.5 cm³/mol. The normalized spacial score (nSPS) is 30.4. The van der Waals surface area contributed by atoms with Crippen molar-refractivity contribution in [2.45, 2.75) is 103 Å². The van der Waals surface area contributed by atoms with E-state index in [1.54, 1.807) is 0 Å². The first-order chi connectivity index (χ1) is 11.4. The summed E-state index contributed by atoms with van der Waals surface area (Å²) in [5.74, 6) is 0. The van der Waals surface area contributed by atoms with Crippen LogP contribution in [0.2, 0.25) is 6.32 Å². The second-order valence-electron chi connectivity index (χ2n) is 9.61. The molecule has 2 atom stereocenters. The van der Waals surface area contributed by atoms with Crippen LogP contribution in [0.1, 0.15) is 67.7 Å². The molecule has 0 spiro atoms. The van der Waals surface area contributed by atoms with Crippen LogP contribution in [0, 0.1) is 0 Å². The lowest BCUT2D eigenvalue weighted by Gasteiger charge is -2.35. The highest BCUT2D eigenvalue weighted by Crippen LogP contribution is 2.41. The molecule has 3 aliphatic heterocycles. The van der Waals surface area contributed by atoms with Gasteiger partial charge in [-0.2, -0.15) is 0 Å². The summed E-state index contributed by atoms with van der Waals surface area (Å²) in [6, 6.07) is 0.383. The number of hydrogen-bond acceptors (Lipinski definition) is 4. The fraction of sp³-hybridized carbons (Fsp3) is 0.842. The largest absolute Gasteiger partial charge is 0.462 e. The third-order valence-electron chi connectivity index (χ3n) is 5.81. The van der Waals surface area contributed by atoms with Gasteiger partial charge in [-0.3, -0.25) is 4.90 Å². The van der Waals surface area contributed by atoms with Gasteiger partial charge in [0.2, 0.25) is 0 Å². The van der Waals surface area contributed by atoms with Gasteiger partial charge < -0.3 is 14.0 Å². The first kappa shape index (κ1) is 18.8. The van der Waals surface area contributed by atoms with Crippen LogP contribution in [0.15, 0.2) is 11.6 Å². The summed E-state index contributed by atoms with van der Waals surface area (Å²) < 4.78 is 17.8. The number of nitrogens with zero attached hydrogens (tertiary/aromatic N) is 1. The number of carbonyl (C=O) groups excluding carboxylic acids is 1. The van der Waals surface area contributed by atoms with Gasteiger partial charge in [0.05, 0.1) is 17.2 Å². The smallest absolute Gasteiger partial charge is 0.444 e. The summed E-state index contributed by atoms with van der Waals surface area (Å²) in [6.07, 6.45) is 5.76. The second kappa shape index (κ2) is 6.02.